The summed E-state index contributed by atoms with van der Waals surface area (Å²) in [7, 11) is 0. The lowest BCUT2D eigenvalue weighted by molar-refractivity contribution is 0.485. The fourth-order valence-corrected chi connectivity index (χ4v) is 3.22. The van der Waals surface area contributed by atoms with Crippen LogP contribution in [0.3, 0.4) is 0 Å². The third-order valence-corrected chi connectivity index (χ3v) is 4.53. The second kappa shape index (κ2) is 5.69. The van der Waals surface area contributed by atoms with E-state index in [0.717, 1.165) is 16.2 Å². The van der Waals surface area contributed by atoms with Crippen LogP contribution in [-0.4, -0.2) is 9.97 Å². The topological polar surface area (TPSA) is 37.8 Å². The first kappa shape index (κ1) is 13.2. The van der Waals surface area contributed by atoms with Crippen molar-refractivity contribution in [2.75, 3.05) is 0 Å². The molecule has 1 N–H and O–H groups in total. The van der Waals surface area contributed by atoms with Gasteiger partial charge in [-0.25, -0.2) is 4.98 Å². The number of para-hydroxylation sites is 1. The minimum atomic E-state index is 0.207. The van der Waals surface area contributed by atoms with Crippen LogP contribution in [0.5, 0.6) is 0 Å². The minimum absolute atomic E-state index is 0.207. The predicted octanol–water partition coefficient (Wildman–Crippen LogP) is 4.10. The lowest BCUT2D eigenvalue weighted by Gasteiger charge is -2.17. The van der Waals surface area contributed by atoms with Gasteiger partial charge in [0.1, 0.15) is 5.01 Å². The molecule has 0 aliphatic carbocycles. The van der Waals surface area contributed by atoms with E-state index in [1.54, 1.807) is 11.3 Å². The number of hydrogen-bond donors (Lipinski definition) is 1. The summed E-state index contributed by atoms with van der Waals surface area (Å²) < 4.78 is 1.24. The van der Waals surface area contributed by atoms with E-state index in [1.165, 1.54) is 4.70 Å². The first-order valence-corrected chi connectivity index (χ1v) is 7.58. The molecule has 0 fully saturated rings. The third kappa shape index (κ3) is 2.71. The van der Waals surface area contributed by atoms with Crippen molar-refractivity contribution in [3.05, 3.63) is 59.4 Å². The summed E-state index contributed by atoms with van der Waals surface area (Å²) in [5.41, 5.74) is 2.13. The molecule has 0 bridgehead atoms. The van der Waals surface area contributed by atoms with Crippen molar-refractivity contribution in [3.8, 4) is 0 Å². The van der Waals surface area contributed by atoms with E-state index in [-0.39, 0.29) is 12.1 Å². The van der Waals surface area contributed by atoms with Crippen LogP contribution >= 0.6 is 11.3 Å². The van der Waals surface area contributed by atoms with E-state index in [1.807, 2.05) is 30.5 Å². The minimum Gasteiger partial charge on any atom is -0.300 e. The molecule has 1 aromatic carbocycles. The van der Waals surface area contributed by atoms with Gasteiger partial charge in [-0.3, -0.25) is 4.98 Å². The SMILES string of the molecule is CC(NC(C)c1nc2ccccc2s1)c1ccccn1. The van der Waals surface area contributed by atoms with Crippen LogP contribution in [0.15, 0.2) is 48.7 Å². The Bertz CT molecular complexity index is 660. The molecule has 20 heavy (non-hydrogen) atoms. The van der Waals surface area contributed by atoms with Gasteiger partial charge in [0.2, 0.25) is 0 Å². The molecule has 0 radical (unpaired) electrons. The zero-order valence-corrected chi connectivity index (χ0v) is 12.4. The molecule has 3 aromatic rings. The maximum absolute atomic E-state index is 4.69. The summed E-state index contributed by atoms with van der Waals surface area (Å²) >= 11 is 1.75. The van der Waals surface area contributed by atoms with E-state index < -0.39 is 0 Å². The van der Waals surface area contributed by atoms with Crippen LogP contribution in [-0.2, 0) is 0 Å². The van der Waals surface area contributed by atoms with Crippen LogP contribution in [0.4, 0.5) is 0 Å². The predicted molar refractivity (Wildman–Crippen MR) is 83.8 cm³/mol. The van der Waals surface area contributed by atoms with Gasteiger partial charge in [-0.1, -0.05) is 18.2 Å². The highest BCUT2D eigenvalue weighted by Crippen LogP contribution is 2.27. The zero-order chi connectivity index (χ0) is 13.9. The van der Waals surface area contributed by atoms with Crippen molar-refractivity contribution < 1.29 is 0 Å². The number of fused-ring (bicyclic) bond motifs is 1. The number of nitrogens with zero attached hydrogens (tertiary/aromatic N) is 2. The summed E-state index contributed by atoms with van der Waals surface area (Å²) in [5.74, 6) is 0. The number of aromatic nitrogens is 2. The van der Waals surface area contributed by atoms with E-state index in [9.17, 15) is 0 Å². The van der Waals surface area contributed by atoms with Crippen LogP contribution < -0.4 is 5.32 Å². The Morgan fingerprint density at radius 3 is 2.55 bits per heavy atom. The number of pyridine rings is 1. The maximum Gasteiger partial charge on any atom is 0.111 e. The molecule has 0 saturated heterocycles. The number of rotatable bonds is 4. The Labute approximate surface area is 122 Å². The Kier molecular flexibility index (Phi) is 3.76. The van der Waals surface area contributed by atoms with Gasteiger partial charge < -0.3 is 5.32 Å². The highest BCUT2D eigenvalue weighted by atomic mass is 32.1. The highest BCUT2D eigenvalue weighted by Gasteiger charge is 2.15. The molecule has 2 atom stereocenters. The molecule has 0 aliphatic rings. The fraction of sp³-hybridized carbons (Fsp3) is 0.250. The molecule has 3 nitrogen and oxygen atoms in total. The number of hydrogen-bond acceptors (Lipinski definition) is 4. The van der Waals surface area contributed by atoms with Gasteiger partial charge in [-0.05, 0) is 38.1 Å². The van der Waals surface area contributed by atoms with Gasteiger partial charge in [-0.2, -0.15) is 0 Å². The highest BCUT2D eigenvalue weighted by molar-refractivity contribution is 7.18. The summed E-state index contributed by atoms with van der Waals surface area (Å²) in [6.07, 6.45) is 1.83. The number of nitrogens with one attached hydrogen (secondary N) is 1. The van der Waals surface area contributed by atoms with Crippen LogP contribution in [0, 0.1) is 0 Å². The van der Waals surface area contributed by atoms with Gasteiger partial charge in [0.15, 0.2) is 0 Å². The van der Waals surface area contributed by atoms with Crippen LogP contribution in [0.25, 0.3) is 10.2 Å². The second-order valence-corrected chi connectivity index (χ2v) is 5.95. The Balaban J connectivity index is 1.77. The van der Waals surface area contributed by atoms with Crippen molar-refractivity contribution in [2.45, 2.75) is 25.9 Å². The third-order valence-electron chi connectivity index (χ3n) is 3.31. The standard InChI is InChI=1S/C16H17N3S/c1-11(13-7-5-6-10-17-13)18-12(2)16-19-14-8-3-4-9-15(14)20-16/h3-12,18H,1-2H3. The molecule has 0 amide bonds. The lowest BCUT2D eigenvalue weighted by Crippen LogP contribution is -2.23. The number of thiazole rings is 1. The van der Waals surface area contributed by atoms with Gasteiger partial charge in [0.25, 0.3) is 0 Å². The fourth-order valence-electron chi connectivity index (χ4n) is 2.24. The molecular formula is C16H17N3S. The molecule has 4 heteroatoms. The van der Waals surface area contributed by atoms with E-state index >= 15 is 0 Å². The van der Waals surface area contributed by atoms with Crippen molar-refractivity contribution in [3.63, 3.8) is 0 Å². The van der Waals surface area contributed by atoms with Gasteiger partial charge >= 0.3 is 0 Å². The van der Waals surface area contributed by atoms with Crippen molar-refractivity contribution >= 4 is 21.6 Å². The summed E-state index contributed by atoms with van der Waals surface area (Å²) in [6, 6.07) is 14.7. The van der Waals surface area contributed by atoms with Crippen LogP contribution in [0.1, 0.15) is 36.6 Å². The summed E-state index contributed by atoms with van der Waals surface area (Å²) in [4.78, 5) is 9.08. The van der Waals surface area contributed by atoms with Crippen molar-refractivity contribution in [1.29, 1.82) is 0 Å². The molecule has 102 valence electrons. The van der Waals surface area contributed by atoms with Gasteiger partial charge in [0.05, 0.1) is 22.0 Å². The molecular weight excluding hydrogens is 266 g/mol. The normalized spacial score (nSPS) is 14.3. The molecule has 2 aromatic heterocycles. The van der Waals surface area contributed by atoms with E-state index in [2.05, 4.69) is 42.3 Å². The average Bonchev–Trinajstić information content (AvgIpc) is 2.92. The van der Waals surface area contributed by atoms with E-state index in [4.69, 9.17) is 4.98 Å². The average molecular weight is 283 g/mol. The summed E-state index contributed by atoms with van der Waals surface area (Å²) in [5, 5.41) is 4.68. The first-order valence-electron chi connectivity index (χ1n) is 6.76. The Hall–Kier alpha value is -1.78. The summed E-state index contributed by atoms with van der Waals surface area (Å²) in [6.45, 7) is 4.28. The van der Waals surface area contributed by atoms with Crippen LogP contribution in [0.2, 0.25) is 0 Å². The lowest BCUT2D eigenvalue weighted by atomic mass is 10.2. The smallest absolute Gasteiger partial charge is 0.111 e. The maximum atomic E-state index is 4.69. The molecule has 3 rings (SSSR count). The molecule has 2 unspecified atom stereocenters. The van der Waals surface area contributed by atoms with Crippen molar-refractivity contribution in [1.82, 2.24) is 15.3 Å². The monoisotopic (exact) mass is 283 g/mol. The molecule has 0 saturated carbocycles. The molecule has 0 spiro atoms. The van der Waals surface area contributed by atoms with Gasteiger partial charge in [0, 0.05) is 12.2 Å². The number of benzene rings is 1. The molecule has 2 heterocycles. The largest absolute Gasteiger partial charge is 0.300 e. The molecule has 0 aliphatic heterocycles. The van der Waals surface area contributed by atoms with Crippen molar-refractivity contribution in [2.24, 2.45) is 0 Å². The zero-order valence-electron chi connectivity index (χ0n) is 11.6. The Morgan fingerprint density at radius 2 is 1.80 bits per heavy atom. The quantitative estimate of drug-likeness (QED) is 0.783. The Morgan fingerprint density at radius 1 is 1.00 bits per heavy atom. The first-order chi connectivity index (χ1) is 9.74. The second-order valence-electron chi connectivity index (χ2n) is 4.88. The van der Waals surface area contributed by atoms with Gasteiger partial charge in [-0.15, -0.1) is 11.3 Å². The van der Waals surface area contributed by atoms with E-state index in [0.29, 0.717) is 0 Å².